The molecule has 1 aromatic carbocycles. The Bertz CT molecular complexity index is 642. The Kier molecular flexibility index (Phi) is 5.34. The van der Waals surface area contributed by atoms with Crippen molar-refractivity contribution in [1.82, 2.24) is 4.90 Å². The van der Waals surface area contributed by atoms with Gasteiger partial charge in [-0.05, 0) is 55.8 Å². The van der Waals surface area contributed by atoms with Gasteiger partial charge < -0.3 is 20.1 Å². The van der Waals surface area contributed by atoms with E-state index in [9.17, 15) is 4.79 Å². The zero-order chi connectivity index (χ0) is 17.9. The molecule has 0 radical (unpaired) electrons. The second kappa shape index (κ2) is 7.87. The van der Waals surface area contributed by atoms with Gasteiger partial charge in [0.2, 0.25) is 12.7 Å². The molecule has 1 amide bonds. The van der Waals surface area contributed by atoms with Crippen molar-refractivity contribution in [2.45, 2.75) is 64.0 Å². The van der Waals surface area contributed by atoms with Crippen LogP contribution in [-0.2, 0) is 11.3 Å². The molecule has 5 nitrogen and oxygen atoms in total. The quantitative estimate of drug-likeness (QED) is 0.875. The molecule has 0 aromatic heterocycles. The van der Waals surface area contributed by atoms with Crippen LogP contribution in [0.5, 0.6) is 11.5 Å². The monoisotopic (exact) mass is 358 g/mol. The van der Waals surface area contributed by atoms with Crippen molar-refractivity contribution in [3.05, 3.63) is 23.8 Å². The van der Waals surface area contributed by atoms with Crippen LogP contribution in [0.1, 0.15) is 56.9 Å². The van der Waals surface area contributed by atoms with Gasteiger partial charge in [0.05, 0.1) is 0 Å². The minimum absolute atomic E-state index is 0.107. The van der Waals surface area contributed by atoms with Crippen LogP contribution in [0.25, 0.3) is 0 Å². The van der Waals surface area contributed by atoms with Crippen molar-refractivity contribution in [3.8, 4) is 11.5 Å². The minimum atomic E-state index is 0.107. The maximum Gasteiger partial charge on any atom is 0.231 e. The molecule has 0 spiro atoms. The Morgan fingerprint density at radius 1 is 1.04 bits per heavy atom. The fraction of sp³-hybridized carbons (Fsp3) is 0.667. The third kappa shape index (κ3) is 3.54. The summed E-state index contributed by atoms with van der Waals surface area (Å²) >= 11 is 0. The smallest absolute Gasteiger partial charge is 0.231 e. The van der Waals surface area contributed by atoms with Gasteiger partial charge in [-0.3, -0.25) is 4.79 Å². The number of benzene rings is 1. The largest absolute Gasteiger partial charge is 0.454 e. The summed E-state index contributed by atoms with van der Waals surface area (Å²) in [5.74, 6) is 2.37. The average molecular weight is 358 g/mol. The zero-order valence-corrected chi connectivity index (χ0v) is 15.5. The first-order chi connectivity index (χ1) is 12.8. The molecule has 0 unspecified atom stereocenters. The van der Waals surface area contributed by atoms with Gasteiger partial charge in [-0.25, -0.2) is 0 Å². The van der Waals surface area contributed by atoms with E-state index in [1.807, 2.05) is 12.1 Å². The Balaban J connectivity index is 1.55. The zero-order valence-electron chi connectivity index (χ0n) is 15.5. The van der Waals surface area contributed by atoms with Crippen molar-refractivity contribution in [2.24, 2.45) is 17.6 Å². The Labute approximate surface area is 155 Å². The molecule has 1 aromatic rings. The van der Waals surface area contributed by atoms with E-state index >= 15 is 0 Å². The molecule has 1 aliphatic heterocycles. The van der Waals surface area contributed by atoms with Crippen LogP contribution in [0.15, 0.2) is 18.2 Å². The van der Waals surface area contributed by atoms with Crippen LogP contribution >= 0.6 is 0 Å². The molecule has 0 saturated heterocycles. The first-order valence-electron chi connectivity index (χ1n) is 10.2. The number of hydrogen-bond donors (Lipinski definition) is 1. The fourth-order valence-electron chi connectivity index (χ4n) is 4.87. The van der Waals surface area contributed by atoms with Crippen LogP contribution in [0.3, 0.4) is 0 Å². The molecule has 2 aliphatic carbocycles. The van der Waals surface area contributed by atoms with Gasteiger partial charge in [0.15, 0.2) is 11.5 Å². The molecule has 4 rings (SSSR count). The summed E-state index contributed by atoms with van der Waals surface area (Å²) in [6.45, 7) is 1.57. The highest BCUT2D eigenvalue weighted by Gasteiger charge is 2.37. The Morgan fingerprint density at radius 2 is 1.85 bits per heavy atom. The van der Waals surface area contributed by atoms with Gasteiger partial charge in [-0.2, -0.15) is 0 Å². The fourth-order valence-corrected chi connectivity index (χ4v) is 4.87. The number of ether oxygens (including phenoxy) is 2. The Hall–Kier alpha value is -1.75. The number of amides is 1. The highest BCUT2D eigenvalue weighted by Crippen LogP contribution is 2.36. The maximum absolute atomic E-state index is 13.5. The Morgan fingerprint density at radius 3 is 2.65 bits per heavy atom. The first kappa shape index (κ1) is 17.7. The summed E-state index contributed by atoms with van der Waals surface area (Å²) in [6, 6.07) is 6.41. The molecule has 1 heterocycles. The average Bonchev–Trinajstić information content (AvgIpc) is 3.34. The second-order valence-corrected chi connectivity index (χ2v) is 7.98. The van der Waals surface area contributed by atoms with Crippen LogP contribution in [0.4, 0.5) is 0 Å². The number of hydrogen-bond acceptors (Lipinski definition) is 4. The van der Waals surface area contributed by atoms with Gasteiger partial charge in [-0.15, -0.1) is 0 Å². The van der Waals surface area contributed by atoms with E-state index in [-0.39, 0.29) is 12.7 Å². The van der Waals surface area contributed by atoms with Crippen LogP contribution in [0.2, 0.25) is 0 Å². The van der Waals surface area contributed by atoms with Crippen molar-refractivity contribution in [3.63, 3.8) is 0 Å². The van der Waals surface area contributed by atoms with E-state index in [4.69, 9.17) is 15.2 Å². The lowest BCUT2D eigenvalue weighted by Crippen LogP contribution is -2.45. The molecule has 2 N–H and O–H groups in total. The summed E-state index contributed by atoms with van der Waals surface area (Å²) in [7, 11) is 0. The van der Waals surface area contributed by atoms with Gasteiger partial charge in [0, 0.05) is 18.5 Å². The lowest BCUT2D eigenvalue weighted by Gasteiger charge is -2.37. The van der Waals surface area contributed by atoms with Crippen molar-refractivity contribution >= 4 is 5.91 Å². The molecule has 5 heteroatoms. The standard InChI is InChI=1S/C21H30N2O3/c22-12-16-5-4-8-18(16)21(24)23(17-6-2-1-3-7-17)13-15-9-10-19-20(11-15)26-14-25-19/h9-11,16-18H,1-8,12-14,22H2/t16-,18-/m1/s1. The number of fused-ring (bicyclic) bond motifs is 1. The molecular weight excluding hydrogens is 328 g/mol. The van der Waals surface area contributed by atoms with E-state index in [1.165, 1.54) is 19.3 Å². The van der Waals surface area contributed by atoms with Crippen LogP contribution < -0.4 is 15.2 Å². The normalized spacial score (nSPS) is 25.4. The number of nitrogens with zero attached hydrogens (tertiary/aromatic N) is 1. The van der Waals surface area contributed by atoms with Crippen molar-refractivity contribution in [2.75, 3.05) is 13.3 Å². The highest BCUT2D eigenvalue weighted by atomic mass is 16.7. The van der Waals surface area contributed by atoms with Gasteiger partial charge in [0.25, 0.3) is 0 Å². The SMILES string of the molecule is NC[C@H]1CCC[C@H]1C(=O)N(Cc1ccc2c(c1)OCO2)C1CCCCC1. The number of carbonyl (C=O) groups excluding carboxylic acids is 1. The first-order valence-corrected chi connectivity index (χ1v) is 10.2. The molecule has 2 atom stereocenters. The van der Waals surface area contributed by atoms with Crippen LogP contribution in [-0.4, -0.2) is 30.2 Å². The van der Waals surface area contributed by atoms with Crippen molar-refractivity contribution in [1.29, 1.82) is 0 Å². The lowest BCUT2D eigenvalue weighted by molar-refractivity contribution is -0.140. The molecule has 2 saturated carbocycles. The molecule has 26 heavy (non-hydrogen) atoms. The number of carbonyl (C=O) groups is 1. The third-order valence-electron chi connectivity index (χ3n) is 6.37. The molecule has 3 aliphatic rings. The van der Waals surface area contributed by atoms with E-state index < -0.39 is 0 Å². The minimum Gasteiger partial charge on any atom is -0.454 e. The topological polar surface area (TPSA) is 64.8 Å². The van der Waals surface area contributed by atoms with E-state index in [0.717, 1.165) is 49.2 Å². The number of nitrogens with two attached hydrogens (primary N) is 1. The van der Waals surface area contributed by atoms with E-state index in [0.29, 0.717) is 31.0 Å². The molecule has 2 fully saturated rings. The summed E-state index contributed by atoms with van der Waals surface area (Å²) in [6.07, 6.45) is 9.19. The van der Waals surface area contributed by atoms with Gasteiger partial charge in [0.1, 0.15) is 0 Å². The summed E-state index contributed by atoms with van der Waals surface area (Å²) < 4.78 is 10.9. The summed E-state index contributed by atoms with van der Waals surface area (Å²) in [5, 5.41) is 0. The molecule has 142 valence electrons. The maximum atomic E-state index is 13.5. The van der Waals surface area contributed by atoms with Gasteiger partial charge >= 0.3 is 0 Å². The third-order valence-corrected chi connectivity index (χ3v) is 6.37. The summed E-state index contributed by atoms with van der Waals surface area (Å²) in [4.78, 5) is 15.6. The van der Waals surface area contributed by atoms with Gasteiger partial charge in [-0.1, -0.05) is 31.7 Å². The molecule has 0 bridgehead atoms. The van der Waals surface area contributed by atoms with Crippen molar-refractivity contribution < 1.29 is 14.3 Å². The van der Waals surface area contributed by atoms with E-state index in [1.54, 1.807) is 0 Å². The summed E-state index contributed by atoms with van der Waals surface area (Å²) in [5.41, 5.74) is 7.07. The highest BCUT2D eigenvalue weighted by molar-refractivity contribution is 5.80. The lowest BCUT2D eigenvalue weighted by atomic mass is 9.90. The van der Waals surface area contributed by atoms with E-state index in [2.05, 4.69) is 11.0 Å². The number of rotatable bonds is 5. The van der Waals surface area contributed by atoms with Crippen LogP contribution in [0, 0.1) is 11.8 Å². The second-order valence-electron chi connectivity index (χ2n) is 7.98. The predicted octanol–water partition coefficient (Wildman–Crippen LogP) is 3.45. The molecular formula is C21H30N2O3. The predicted molar refractivity (Wildman–Crippen MR) is 99.9 cm³/mol.